The fraction of sp³-hybridized carbons (Fsp3) is 0.444. The van der Waals surface area contributed by atoms with E-state index < -0.39 is 38.9 Å². The largest absolute Gasteiger partial charge is 1.10 e. The predicted molar refractivity (Wildman–Crippen MR) is 91.6 cm³/mol. The number of rotatable bonds is 10. The topological polar surface area (TPSA) is 61.8 Å². The molecule has 0 saturated heterocycles. The Hall–Kier alpha value is -1.61. The van der Waals surface area contributed by atoms with Crippen molar-refractivity contribution in [2.24, 2.45) is 11.8 Å². The highest BCUT2D eigenvalue weighted by molar-refractivity contribution is 6.42. The molecule has 0 aromatic rings. The van der Waals surface area contributed by atoms with E-state index in [2.05, 4.69) is 6.92 Å². The van der Waals surface area contributed by atoms with Gasteiger partial charge in [0.25, 0.3) is 11.9 Å². The first-order valence-electron chi connectivity index (χ1n) is 8.43. The predicted octanol–water partition coefficient (Wildman–Crippen LogP) is 3.14. The Bertz CT molecular complexity index is 484. The van der Waals surface area contributed by atoms with E-state index in [1.54, 1.807) is 48.6 Å². The zero-order valence-electron chi connectivity index (χ0n) is 13.9. The van der Waals surface area contributed by atoms with Crippen molar-refractivity contribution in [1.29, 1.82) is 0 Å². The molecule has 5 nitrogen and oxygen atoms in total. The molecule has 24 heavy (non-hydrogen) atoms. The molecule has 0 heterocycles. The van der Waals surface area contributed by atoms with Crippen molar-refractivity contribution in [3.63, 3.8) is 0 Å². The number of carbonyl (C=O) groups excluding carboxylic acids is 2. The summed E-state index contributed by atoms with van der Waals surface area (Å²) >= 11 is -2.85. The molecule has 2 rings (SSSR count). The molecule has 0 atom stereocenters. The quantitative estimate of drug-likeness (QED) is 0.449. The molecule has 6 heteroatoms. The lowest BCUT2D eigenvalue weighted by Gasteiger charge is -2.16. The van der Waals surface area contributed by atoms with E-state index >= 15 is 0 Å². The van der Waals surface area contributed by atoms with Crippen molar-refractivity contribution in [3.05, 3.63) is 48.6 Å². The second-order valence-electron chi connectivity index (χ2n) is 5.69. The molecule has 0 aliphatic heterocycles. The van der Waals surface area contributed by atoms with Gasteiger partial charge in [0.1, 0.15) is 0 Å². The third-order valence-electron chi connectivity index (χ3n) is 3.72. The van der Waals surface area contributed by atoms with E-state index in [9.17, 15) is 9.59 Å². The molecule has 0 spiro atoms. The summed E-state index contributed by atoms with van der Waals surface area (Å²) in [7, 11) is 0. The van der Waals surface area contributed by atoms with Gasteiger partial charge in [0.15, 0.2) is 0 Å². The maximum Gasteiger partial charge on any atom is 1.10 e. The Kier molecular flexibility index (Phi) is 8.04. The van der Waals surface area contributed by atoms with Crippen molar-refractivity contribution < 1.29 is 21.0 Å². The summed E-state index contributed by atoms with van der Waals surface area (Å²) in [5.41, 5.74) is 0. The van der Waals surface area contributed by atoms with Crippen LogP contribution in [0.25, 0.3) is 0 Å². The van der Waals surface area contributed by atoms with Crippen LogP contribution < -0.4 is 0 Å². The van der Waals surface area contributed by atoms with Crippen molar-refractivity contribution in [3.8, 4) is 0 Å². The lowest BCUT2D eigenvalue weighted by atomic mass is 10.2. The Morgan fingerprint density at radius 1 is 0.833 bits per heavy atom. The Morgan fingerprint density at radius 2 is 1.33 bits per heavy atom. The normalized spacial score (nSPS) is 16.0. The highest BCUT2D eigenvalue weighted by Crippen LogP contribution is 2.15. The first-order valence-corrected chi connectivity index (χ1v) is 9.84. The van der Waals surface area contributed by atoms with Gasteiger partial charge in [-0.3, -0.25) is 9.59 Å². The minimum atomic E-state index is -2.85. The van der Waals surface area contributed by atoms with Gasteiger partial charge < -0.3 is 11.4 Å². The molecule has 0 aromatic heterocycles. The third kappa shape index (κ3) is 6.12. The van der Waals surface area contributed by atoms with Gasteiger partial charge in [-0.2, -0.15) is 0 Å². The number of hydrogen-bond donors (Lipinski definition) is 0. The lowest BCUT2D eigenvalue weighted by Crippen LogP contribution is -2.36. The van der Waals surface area contributed by atoms with Crippen LogP contribution in [-0.2, 0) is 21.0 Å². The van der Waals surface area contributed by atoms with Gasteiger partial charge in [0.2, 0.25) is 0 Å². The molecule has 0 unspecified atom stereocenters. The van der Waals surface area contributed by atoms with Crippen LogP contribution >= 0.6 is 0 Å². The van der Waals surface area contributed by atoms with Crippen molar-refractivity contribution in [2.45, 2.75) is 32.6 Å². The second-order valence-corrected chi connectivity index (χ2v) is 7.07. The van der Waals surface area contributed by atoms with E-state index in [0.29, 0.717) is 6.61 Å². The smallest absolute Gasteiger partial charge is 0.561 e. The molecule has 0 bridgehead atoms. The van der Waals surface area contributed by atoms with Gasteiger partial charge in [-0.25, -0.2) is 0 Å². The van der Waals surface area contributed by atoms with Gasteiger partial charge in [-0.15, -0.1) is 0 Å². The van der Waals surface area contributed by atoms with E-state index in [0.717, 1.165) is 25.7 Å². The van der Waals surface area contributed by atoms with Crippen LogP contribution in [-0.4, -0.2) is 33.7 Å². The summed E-state index contributed by atoms with van der Waals surface area (Å²) in [6.07, 6.45) is 18.2. The number of carbonyl (C=O) groups is 2. The standard InChI is InChI=1S/2C6H6O2.C6H13O.Al/c2*7-6(8)5-3-1-2-4-5;1-2-3-4-5-6-7;/h2*1-5H,(H,7,8);2-6H2,1H3;/q;;-1;+3/p-2. The van der Waals surface area contributed by atoms with Gasteiger partial charge in [0, 0.05) is 6.61 Å². The Balaban J connectivity index is 1.84. The number of unbranched alkanes of at least 4 members (excludes halogenated alkanes) is 3. The molecular formula is C18H23AlO5. The lowest BCUT2D eigenvalue weighted by molar-refractivity contribution is -0.145. The molecule has 0 amide bonds. The summed E-state index contributed by atoms with van der Waals surface area (Å²) in [6.45, 7) is 2.57. The van der Waals surface area contributed by atoms with Crippen molar-refractivity contribution in [2.75, 3.05) is 6.61 Å². The highest BCUT2D eigenvalue weighted by atomic mass is 27.3. The Labute approximate surface area is 148 Å². The zero-order valence-corrected chi connectivity index (χ0v) is 15.1. The van der Waals surface area contributed by atoms with Gasteiger partial charge in [-0.05, 0) is 6.42 Å². The third-order valence-corrected chi connectivity index (χ3v) is 5.07. The minimum Gasteiger partial charge on any atom is -0.561 e. The second kappa shape index (κ2) is 10.3. The van der Waals surface area contributed by atoms with Crippen LogP contribution in [0.5, 0.6) is 0 Å². The van der Waals surface area contributed by atoms with Crippen LogP contribution in [0.2, 0.25) is 0 Å². The Morgan fingerprint density at radius 3 is 1.79 bits per heavy atom. The fourth-order valence-electron chi connectivity index (χ4n) is 2.33. The number of hydrogen-bond acceptors (Lipinski definition) is 5. The molecule has 128 valence electrons. The highest BCUT2D eigenvalue weighted by Gasteiger charge is 2.44. The summed E-state index contributed by atoms with van der Waals surface area (Å²) in [4.78, 5) is 24.2. The van der Waals surface area contributed by atoms with Crippen molar-refractivity contribution >= 4 is 27.1 Å². The van der Waals surface area contributed by atoms with Crippen LogP contribution in [0.1, 0.15) is 32.6 Å². The average Bonchev–Trinajstić information content (AvgIpc) is 3.27. The van der Waals surface area contributed by atoms with Crippen LogP contribution in [0.4, 0.5) is 0 Å². The van der Waals surface area contributed by atoms with E-state index in [4.69, 9.17) is 11.4 Å². The minimum absolute atomic E-state index is 0.423. The van der Waals surface area contributed by atoms with Crippen molar-refractivity contribution in [1.82, 2.24) is 0 Å². The van der Waals surface area contributed by atoms with E-state index in [1.807, 2.05) is 0 Å². The molecular weight excluding hydrogens is 323 g/mol. The molecule has 2 aliphatic rings. The summed E-state index contributed by atoms with van der Waals surface area (Å²) < 4.78 is 16.3. The first-order chi connectivity index (χ1) is 11.7. The van der Waals surface area contributed by atoms with E-state index in [-0.39, 0.29) is 0 Å². The van der Waals surface area contributed by atoms with Crippen LogP contribution in [0.3, 0.4) is 0 Å². The van der Waals surface area contributed by atoms with Crippen LogP contribution in [0.15, 0.2) is 48.6 Å². The van der Waals surface area contributed by atoms with Gasteiger partial charge in [0.05, 0.1) is 11.8 Å². The van der Waals surface area contributed by atoms with E-state index in [1.165, 1.54) is 0 Å². The maximum atomic E-state index is 12.1. The SMILES string of the molecule is CCCCCC[O][Al]([O]C(=O)C1C=CC=C1)[O]C(=O)C1C=CC=C1. The average molecular weight is 346 g/mol. The summed E-state index contributed by atoms with van der Waals surface area (Å²) in [6, 6.07) is 0. The molecule has 0 radical (unpaired) electrons. The molecule has 0 N–H and O–H groups in total. The fourth-order valence-corrected chi connectivity index (χ4v) is 3.56. The zero-order chi connectivity index (χ0) is 17.2. The molecule has 0 aromatic carbocycles. The van der Waals surface area contributed by atoms with Crippen LogP contribution in [0, 0.1) is 11.8 Å². The van der Waals surface area contributed by atoms with Gasteiger partial charge in [-0.1, -0.05) is 74.8 Å². The molecule has 0 saturated carbocycles. The van der Waals surface area contributed by atoms with Gasteiger partial charge >= 0.3 is 15.1 Å². The first kappa shape index (κ1) is 18.7. The molecule has 2 aliphatic carbocycles. The molecule has 0 fully saturated rings. The monoisotopic (exact) mass is 346 g/mol. The summed E-state index contributed by atoms with van der Waals surface area (Å²) in [5.74, 6) is -1.71. The summed E-state index contributed by atoms with van der Waals surface area (Å²) in [5, 5.41) is 0. The maximum absolute atomic E-state index is 12.1. The number of allylic oxidation sites excluding steroid dienone is 4.